The third-order valence-electron chi connectivity index (χ3n) is 5.17. The van der Waals surface area contributed by atoms with Crippen LogP contribution >= 0.6 is 35.6 Å². The molecule has 0 aromatic heterocycles. The van der Waals surface area contributed by atoms with Crippen LogP contribution < -0.4 is 10.6 Å². The molecule has 2 N–H and O–H groups in total. The Bertz CT molecular complexity index is 958. The second-order valence-electron chi connectivity index (χ2n) is 7.31. The van der Waals surface area contributed by atoms with Gasteiger partial charge in [-0.1, -0.05) is 35.9 Å². The Hall–Kier alpha value is -1.32. The first-order valence-corrected chi connectivity index (χ1v) is 11.6. The standard InChI is InChI=1S/C21H26ClN3O2S.HI/c1-23-20(24-13-10-16-6-8-19(9-7-16)28(2,26)27)25-15-21(11-12-21)17-4-3-5-18(22)14-17;/h3-9,14H,10-13,15H2,1-2H3,(H2,23,24,25);1H. The molecule has 0 amide bonds. The number of aliphatic imine (C=N–C) groups is 1. The minimum absolute atomic E-state index is 0. The van der Waals surface area contributed by atoms with Crippen molar-refractivity contribution in [3.63, 3.8) is 0 Å². The highest BCUT2D eigenvalue weighted by Gasteiger charge is 2.44. The van der Waals surface area contributed by atoms with E-state index in [1.54, 1.807) is 19.2 Å². The molecule has 0 atom stereocenters. The van der Waals surface area contributed by atoms with Gasteiger partial charge in [-0.05, 0) is 54.7 Å². The Morgan fingerprint density at radius 2 is 1.83 bits per heavy atom. The van der Waals surface area contributed by atoms with E-state index in [1.807, 2.05) is 30.3 Å². The van der Waals surface area contributed by atoms with Gasteiger partial charge in [0, 0.05) is 36.8 Å². The van der Waals surface area contributed by atoms with E-state index in [9.17, 15) is 8.42 Å². The second kappa shape index (κ2) is 10.1. The van der Waals surface area contributed by atoms with Gasteiger partial charge in [-0.15, -0.1) is 24.0 Å². The van der Waals surface area contributed by atoms with Gasteiger partial charge in [0.25, 0.3) is 0 Å². The molecule has 1 fully saturated rings. The Kier molecular flexibility index (Phi) is 8.37. The highest BCUT2D eigenvalue weighted by Crippen LogP contribution is 2.48. The topological polar surface area (TPSA) is 70.6 Å². The van der Waals surface area contributed by atoms with Crippen LogP contribution in [0.15, 0.2) is 58.4 Å². The summed E-state index contributed by atoms with van der Waals surface area (Å²) in [5, 5.41) is 7.51. The highest BCUT2D eigenvalue weighted by molar-refractivity contribution is 14.0. The lowest BCUT2D eigenvalue weighted by atomic mass is 9.96. The number of benzene rings is 2. The molecule has 29 heavy (non-hydrogen) atoms. The molecule has 0 heterocycles. The van der Waals surface area contributed by atoms with Gasteiger partial charge in [0.2, 0.25) is 0 Å². The van der Waals surface area contributed by atoms with Gasteiger partial charge in [0.05, 0.1) is 4.90 Å². The summed E-state index contributed by atoms with van der Waals surface area (Å²) in [6, 6.07) is 15.1. The first-order valence-electron chi connectivity index (χ1n) is 9.32. The monoisotopic (exact) mass is 547 g/mol. The van der Waals surface area contributed by atoms with Crippen molar-refractivity contribution in [2.24, 2.45) is 4.99 Å². The molecule has 158 valence electrons. The predicted octanol–water partition coefficient (Wildman–Crippen LogP) is 3.80. The quantitative estimate of drug-likeness (QED) is 0.314. The van der Waals surface area contributed by atoms with Crippen LogP contribution in [0.25, 0.3) is 0 Å². The summed E-state index contributed by atoms with van der Waals surface area (Å²) in [7, 11) is -1.39. The van der Waals surface area contributed by atoms with E-state index < -0.39 is 9.84 Å². The molecule has 5 nitrogen and oxygen atoms in total. The zero-order valence-corrected chi connectivity index (χ0v) is 20.5. The average molecular weight is 548 g/mol. The van der Waals surface area contributed by atoms with Crippen LogP contribution in [0.3, 0.4) is 0 Å². The Labute approximate surface area is 195 Å². The average Bonchev–Trinajstić information content (AvgIpc) is 3.45. The lowest BCUT2D eigenvalue weighted by Gasteiger charge is -2.19. The second-order valence-corrected chi connectivity index (χ2v) is 9.76. The van der Waals surface area contributed by atoms with Crippen LogP contribution in [0, 0.1) is 0 Å². The van der Waals surface area contributed by atoms with Gasteiger partial charge >= 0.3 is 0 Å². The molecule has 0 unspecified atom stereocenters. The molecule has 1 aliphatic carbocycles. The number of rotatable bonds is 7. The van der Waals surface area contributed by atoms with Gasteiger partial charge < -0.3 is 10.6 Å². The van der Waals surface area contributed by atoms with Gasteiger partial charge in [-0.2, -0.15) is 0 Å². The van der Waals surface area contributed by atoms with E-state index in [0.29, 0.717) is 11.4 Å². The molecule has 2 aromatic rings. The first-order chi connectivity index (χ1) is 13.3. The number of guanidine groups is 1. The Morgan fingerprint density at radius 1 is 1.14 bits per heavy atom. The van der Waals surface area contributed by atoms with Crippen LogP contribution in [-0.2, 0) is 21.7 Å². The molecule has 3 rings (SSSR count). The largest absolute Gasteiger partial charge is 0.356 e. The van der Waals surface area contributed by atoms with E-state index in [2.05, 4.69) is 21.7 Å². The zero-order chi connectivity index (χ0) is 20.2. The van der Waals surface area contributed by atoms with Crippen molar-refractivity contribution >= 4 is 51.4 Å². The van der Waals surface area contributed by atoms with Gasteiger partial charge in [0.15, 0.2) is 15.8 Å². The summed E-state index contributed by atoms with van der Waals surface area (Å²) >= 11 is 6.14. The number of hydrogen-bond acceptors (Lipinski definition) is 3. The van der Waals surface area contributed by atoms with E-state index in [4.69, 9.17) is 11.6 Å². The maximum absolute atomic E-state index is 11.5. The fourth-order valence-corrected chi connectivity index (χ4v) is 4.06. The lowest BCUT2D eigenvalue weighted by Crippen LogP contribution is -2.41. The molecule has 8 heteroatoms. The van der Waals surface area contributed by atoms with E-state index >= 15 is 0 Å². The molecule has 0 saturated heterocycles. The summed E-state index contributed by atoms with van der Waals surface area (Å²) in [5.41, 5.74) is 2.49. The summed E-state index contributed by atoms with van der Waals surface area (Å²) in [4.78, 5) is 4.64. The lowest BCUT2D eigenvalue weighted by molar-refractivity contribution is 0.602. The Morgan fingerprint density at radius 3 is 2.38 bits per heavy atom. The minimum atomic E-state index is -3.15. The van der Waals surface area contributed by atoms with Crippen LogP contribution in [0.4, 0.5) is 0 Å². The minimum Gasteiger partial charge on any atom is -0.356 e. The Balaban J connectivity index is 0.00000300. The van der Waals surface area contributed by atoms with Gasteiger partial charge in [-0.25, -0.2) is 8.42 Å². The number of hydrogen-bond donors (Lipinski definition) is 2. The summed E-state index contributed by atoms with van der Waals surface area (Å²) < 4.78 is 23.0. The van der Waals surface area contributed by atoms with Crippen molar-refractivity contribution in [2.75, 3.05) is 26.4 Å². The first kappa shape index (κ1) is 24.0. The number of sulfone groups is 1. The molecule has 1 aliphatic rings. The molecule has 1 saturated carbocycles. The summed E-state index contributed by atoms with van der Waals surface area (Å²) in [5.74, 6) is 0.765. The van der Waals surface area contributed by atoms with E-state index in [0.717, 1.165) is 42.4 Å². The molecule has 0 aliphatic heterocycles. The van der Waals surface area contributed by atoms with Crippen molar-refractivity contribution < 1.29 is 8.42 Å². The molecular formula is C21H27ClIN3O2S. The van der Waals surface area contributed by atoms with Crippen molar-refractivity contribution in [3.05, 3.63) is 64.7 Å². The SMILES string of the molecule is CN=C(NCCc1ccc(S(C)(=O)=O)cc1)NCC1(c2cccc(Cl)c2)CC1.I. The van der Waals surface area contributed by atoms with Crippen molar-refractivity contribution in [3.8, 4) is 0 Å². The summed E-state index contributed by atoms with van der Waals surface area (Å²) in [6.45, 7) is 1.53. The van der Waals surface area contributed by atoms with Crippen LogP contribution in [0.5, 0.6) is 0 Å². The zero-order valence-electron chi connectivity index (χ0n) is 16.6. The highest BCUT2D eigenvalue weighted by atomic mass is 127. The van der Waals surface area contributed by atoms with Crippen LogP contribution in [0.2, 0.25) is 5.02 Å². The predicted molar refractivity (Wildman–Crippen MR) is 130 cm³/mol. The van der Waals surface area contributed by atoms with Crippen molar-refractivity contribution in [1.29, 1.82) is 0 Å². The number of nitrogens with one attached hydrogen (secondary N) is 2. The maximum atomic E-state index is 11.5. The third kappa shape index (κ3) is 6.58. The van der Waals surface area contributed by atoms with Gasteiger partial charge in [0.1, 0.15) is 0 Å². The third-order valence-corrected chi connectivity index (χ3v) is 6.53. The molecule has 2 aromatic carbocycles. The molecule has 0 radical (unpaired) electrons. The van der Waals surface area contributed by atoms with E-state index in [-0.39, 0.29) is 29.4 Å². The van der Waals surface area contributed by atoms with Crippen molar-refractivity contribution in [1.82, 2.24) is 10.6 Å². The maximum Gasteiger partial charge on any atom is 0.191 e. The van der Waals surface area contributed by atoms with Crippen molar-refractivity contribution in [2.45, 2.75) is 29.6 Å². The normalized spacial score (nSPS) is 15.3. The fourth-order valence-electron chi connectivity index (χ4n) is 3.24. The molecule has 0 spiro atoms. The molecular weight excluding hydrogens is 521 g/mol. The molecule has 0 bridgehead atoms. The van der Waals surface area contributed by atoms with Gasteiger partial charge in [-0.3, -0.25) is 4.99 Å². The van der Waals surface area contributed by atoms with Crippen LogP contribution in [0.1, 0.15) is 24.0 Å². The number of halogens is 2. The summed E-state index contributed by atoms with van der Waals surface area (Å²) in [6.07, 6.45) is 4.29. The van der Waals surface area contributed by atoms with Crippen LogP contribution in [-0.4, -0.2) is 40.8 Å². The fraction of sp³-hybridized carbons (Fsp3) is 0.381. The van der Waals surface area contributed by atoms with E-state index in [1.165, 1.54) is 11.8 Å². The number of nitrogens with zero attached hydrogens (tertiary/aromatic N) is 1. The smallest absolute Gasteiger partial charge is 0.191 e.